The minimum atomic E-state index is -3.11. The molecule has 0 radical (unpaired) electrons. The topological polar surface area (TPSA) is 102 Å². The summed E-state index contributed by atoms with van der Waals surface area (Å²) in [6.45, 7) is 3.18. The Morgan fingerprint density at radius 3 is 2.76 bits per heavy atom. The Balaban J connectivity index is 1.60. The molecule has 0 unspecified atom stereocenters. The molecule has 3 rings (SSSR count). The number of nitrogens with zero attached hydrogens (tertiary/aromatic N) is 5. The van der Waals surface area contributed by atoms with Crippen LogP contribution < -0.4 is 5.32 Å². The van der Waals surface area contributed by atoms with Crippen LogP contribution in [0.1, 0.15) is 11.3 Å². The van der Waals surface area contributed by atoms with Crippen LogP contribution in [0.5, 0.6) is 0 Å². The molecule has 0 atom stereocenters. The lowest BCUT2D eigenvalue weighted by atomic mass is 10.2. The molecule has 0 saturated carbocycles. The summed E-state index contributed by atoms with van der Waals surface area (Å²) in [5.41, 5.74) is 1.47. The van der Waals surface area contributed by atoms with Gasteiger partial charge in [-0.05, 0) is 17.7 Å². The minimum absolute atomic E-state index is 0.382. The van der Waals surface area contributed by atoms with Gasteiger partial charge in [-0.25, -0.2) is 18.4 Å². The van der Waals surface area contributed by atoms with Gasteiger partial charge < -0.3 is 5.32 Å². The van der Waals surface area contributed by atoms with Gasteiger partial charge in [0.05, 0.1) is 6.26 Å². The Hall–Kier alpha value is -2.06. The molecule has 1 N–H and O–H groups in total. The molecule has 0 aliphatic carbocycles. The average Bonchev–Trinajstić information content (AvgIpc) is 3.02. The Kier molecular flexibility index (Phi) is 5.29. The summed E-state index contributed by atoms with van der Waals surface area (Å²) in [6, 6.07) is 5.88. The van der Waals surface area contributed by atoms with Crippen LogP contribution in [-0.2, 0) is 16.6 Å². The lowest BCUT2D eigenvalue weighted by molar-refractivity contribution is 0.182. The Labute approximate surface area is 150 Å². The summed E-state index contributed by atoms with van der Waals surface area (Å²) >= 11 is 1.36. The smallest absolute Gasteiger partial charge is 0.211 e. The normalized spacial score (nSPS) is 16.5. The van der Waals surface area contributed by atoms with Crippen molar-refractivity contribution in [2.45, 2.75) is 6.54 Å². The van der Waals surface area contributed by atoms with Crippen LogP contribution in [0.25, 0.3) is 0 Å². The van der Waals surface area contributed by atoms with Crippen LogP contribution in [-0.4, -0.2) is 60.0 Å². The second-order valence-electron chi connectivity index (χ2n) is 5.76. The van der Waals surface area contributed by atoms with E-state index in [0.29, 0.717) is 42.8 Å². The minimum Gasteiger partial charge on any atom is -0.316 e. The summed E-state index contributed by atoms with van der Waals surface area (Å²) in [5, 5.41) is 14.2. The number of thiazole rings is 1. The van der Waals surface area contributed by atoms with Gasteiger partial charge in [0.15, 0.2) is 10.8 Å². The molecule has 1 saturated heterocycles. The lowest BCUT2D eigenvalue weighted by Gasteiger charge is -2.33. The van der Waals surface area contributed by atoms with Crippen molar-refractivity contribution in [2.24, 2.45) is 0 Å². The molecule has 0 amide bonds. The quantitative estimate of drug-likeness (QED) is 0.835. The van der Waals surface area contributed by atoms with E-state index in [2.05, 4.69) is 20.2 Å². The number of hydrogen-bond acceptors (Lipinski definition) is 8. The van der Waals surface area contributed by atoms with Gasteiger partial charge in [0.1, 0.15) is 11.9 Å². The zero-order chi connectivity index (χ0) is 17.9. The van der Waals surface area contributed by atoms with Crippen LogP contribution in [0.2, 0.25) is 0 Å². The summed E-state index contributed by atoms with van der Waals surface area (Å²) in [5.74, 6) is 0.672. The van der Waals surface area contributed by atoms with E-state index in [1.807, 2.05) is 18.2 Å². The maximum absolute atomic E-state index is 11.6. The first-order valence-corrected chi connectivity index (χ1v) is 10.4. The molecule has 1 fully saturated rings. The van der Waals surface area contributed by atoms with Gasteiger partial charge in [0.2, 0.25) is 10.0 Å². The van der Waals surface area contributed by atoms with E-state index < -0.39 is 10.0 Å². The molecular weight excluding hydrogens is 360 g/mol. The number of nitrogens with one attached hydrogen (secondary N) is 1. The van der Waals surface area contributed by atoms with Gasteiger partial charge in [-0.2, -0.15) is 9.57 Å². The zero-order valence-corrected chi connectivity index (χ0v) is 15.3. The summed E-state index contributed by atoms with van der Waals surface area (Å²) < 4.78 is 24.6. The molecule has 0 spiro atoms. The number of anilines is 2. The first-order valence-electron chi connectivity index (χ1n) is 7.69. The highest BCUT2D eigenvalue weighted by atomic mass is 32.2. The molecular formula is C15H18N6O2S2. The number of hydrogen-bond donors (Lipinski definition) is 1. The van der Waals surface area contributed by atoms with E-state index >= 15 is 0 Å². The maximum atomic E-state index is 11.6. The van der Waals surface area contributed by atoms with Gasteiger partial charge in [-0.3, -0.25) is 4.90 Å². The molecule has 8 nitrogen and oxygen atoms in total. The van der Waals surface area contributed by atoms with E-state index in [1.165, 1.54) is 21.9 Å². The van der Waals surface area contributed by atoms with Crippen LogP contribution >= 0.6 is 11.3 Å². The molecule has 2 aromatic heterocycles. The summed E-state index contributed by atoms with van der Waals surface area (Å²) in [7, 11) is -3.11. The molecule has 132 valence electrons. The first kappa shape index (κ1) is 17.8. The molecule has 10 heteroatoms. The fourth-order valence-corrected chi connectivity index (χ4v) is 4.08. The highest BCUT2D eigenvalue weighted by molar-refractivity contribution is 7.88. The Morgan fingerprint density at radius 1 is 1.36 bits per heavy atom. The number of nitriles is 1. The number of aromatic nitrogens is 2. The van der Waals surface area contributed by atoms with Gasteiger partial charge in [0.25, 0.3) is 0 Å². The van der Waals surface area contributed by atoms with Crippen molar-refractivity contribution in [2.75, 3.05) is 37.8 Å². The van der Waals surface area contributed by atoms with E-state index in [0.717, 1.165) is 12.1 Å². The number of piperazine rings is 1. The van der Waals surface area contributed by atoms with Crippen LogP contribution in [0.3, 0.4) is 0 Å². The van der Waals surface area contributed by atoms with E-state index in [-0.39, 0.29) is 0 Å². The molecule has 0 aromatic carbocycles. The largest absolute Gasteiger partial charge is 0.316 e. The third-order valence-electron chi connectivity index (χ3n) is 3.88. The second-order valence-corrected chi connectivity index (χ2v) is 8.60. The Bertz CT molecular complexity index is 881. The molecule has 25 heavy (non-hydrogen) atoms. The molecule has 1 aliphatic rings. The monoisotopic (exact) mass is 378 g/mol. The van der Waals surface area contributed by atoms with Crippen LogP contribution in [0.4, 0.5) is 10.9 Å². The van der Waals surface area contributed by atoms with E-state index in [9.17, 15) is 8.42 Å². The highest BCUT2D eigenvalue weighted by Gasteiger charge is 2.23. The van der Waals surface area contributed by atoms with Crippen molar-refractivity contribution < 1.29 is 8.42 Å². The third-order valence-corrected chi connectivity index (χ3v) is 5.95. The van der Waals surface area contributed by atoms with Crippen molar-refractivity contribution in [3.05, 3.63) is 35.0 Å². The average molecular weight is 378 g/mol. The molecule has 0 bridgehead atoms. The van der Waals surface area contributed by atoms with Crippen LogP contribution in [0, 0.1) is 11.3 Å². The second kappa shape index (κ2) is 7.45. The molecule has 2 aromatic rings. The predicted molar refractivity (Wildman–Crippen MR) is 96.0 cm³/mol. The fraction of sp³-hybridized carbons (Fsp3) is 0.400. The Morgan fingerprint density at radius 2 is 2.12 bits per heavy atom. The van der Waals surface area contributed by atoms with Crippen molar-refractivity contribution in [3.63, 3.8) is 0 Å². The first-order chi connectivity index (χ1) is 11.9. The lowest BCUT2D eigenvalue weighted by Crippen LogP contribution is -2.47. The maximum Gasteiger partial charge on any atom is 0.211 e. The van der Waals surface area contributed by atoms with Gasteiger partial charge >= 0.3 is 0 Å². The third kappa shape index (κ3) is 4.73. The van der Waals surface area contributed by atoms with Crippen molar-refractivity contribution in [1.82, 2.24) is 19.2 Å². The number of rotatable bonds is 5. The SMILES string of the molecule is CS(=O)(=O)N1CCN(Cc2ccnc(Nc3nc(C#N)cs3)c2)CC1. The number of sulfonamides is 1. The predicted octanol–water partition coefficient (Wildman–Crippen LogP) is 1.23. The van der Waals surface area contributed by atoms with Gasteiger partial charge in [-0.15, -0.1) is 11.3 Å². The standard InChI is InChI=1S/C15H18N6O2S2/c1-25(22,23)21-6-4-20(5-7-21)10-12-2-3-17-14(8-12)19-15-18-13(9-16)11-24-15/h2-3,8,11H,4-7,10H2,1H3,(H,17,18,19). The van der Waals surface area contributed by atoms with Gasteiger partial charge in [-0.1, -0.05) is 0 Å². The highest BCUT2D eigenvalue weighted by Crippen LogP contribution is 2.20. The van der Waals surface area contributed by atoms with Crippen molar-refractivity contribution >= 4 is 32.3 Å². The zero-order valence-electron chi connectivity index (χ0n) is 13.7. The summed E-state index contributed by atoms with van der Waals surface area (Å²) in [4.78, 5) is 10.6. The van der Waals surface area contributed by atoms with Crippen molar-refractivity contribution in [1.29, 1.82) is 5.26 Å². The molecule has 3 heterocycles. The fourth-order valence-electron chi connectivity index (χ4n) is 2.61. The number of pyridine rings is 1. The van der Waals surface area contributed by atoms with Crippen LogP contribution in [0.15, 0.2) is 23.7 Å². The van der Waals surface area contributed by atoms with Crippen molar-refractivity contribution in [3.8, 4) is 6.07 Å². The van der Waals surface area contributed by atoms with E-state index in [1.54, 1.807) is 11.6 Å². The van der Waals surface area contributed by atoms with Gasteiger partial charge in [0, 0.05) is 44.3 Å². The summed E-state index contributed by atoms with van der Waals surface area (Å²) in [6.07, 6.45) is 2.98. The molecule has 1 aliphatic heterocycles. The van der Waals surface area contributed by atoms with E-state index in [4.69, 9.17) is 5.26 Å².